The number of hydrogen-bond acceptors (Lipinski definition) is 6. The van der Waals surface area contributed by atoms with Crippen molar-refractivity contribution in [2.75, 3.05) is 14.2 Å². The van der Waals surface area contributed by atoms with Crippen LogP contribution in [0.3, 0.4) is 0 Å². The number of rotatable bonds is 4. The Balaban J connectivity index is 2.60. The highest BCUT2D eigenvalue weighted by molar-refractivity contribution is 6.37. The molecule has 1 atom stereocenters. The van der Waals surface area contributed by atoms with E-state index in [4.69, 9.17) is 0 Å². The van der Waals surface area contributed by atoms with Gasteiger partial charge in [-0.05, 0) is 19.1 Å². The van der Waals surface area contributed by atoms with E-state index in [2.05, 4.69) is 15.1 Å². The summed E-state index contributed by atoms with van der Waals surface area (Å²) in [6.07, 6.45) is 0. The number of halogens is 1. The van der Waals surface area contributed by atoms with E-state index in [0.29, 0.717) is 5.56 Å². The van der Waals surface area contributed by atoms with Crippen LogP contribution in [0.15, 0.2) is 34.5 Å². The van der Waals surface area contributed by atoms with Crippen LogP contribution >= 0.6 is 0 Å². The Kier molecular flexibility index (Phi) is 4.01. The molecule has 21 heavy (non-hydrogen) atoms. The van der Waals surface area contributed by atoms with Crippen molar-refractivity contribution in [3.63, 3.8) is 0 Å². The fraction of sp³-hybridized carbons (Fsp3) is 0.308. The molecule has 0 bridgehead atoms. The molecule has 0 saturated carbocycles. The molecule has 0 fully saturated rings. The molecule has 7 nitrogen and oxygen atoms in total. The number of hydrogen-bond donors (Lipinski definition) is 2. The van der Waals surface area contributed by atoms with E-state index in [1.807, 2.05) is 5.48 Å². The Morgan fingerprint density at radius 2 is 2.10 bits per heavy atom. The largest absolute Gasteiger partial charge is 0.399 e. The van der Waals surface area contributed by atoms with Crippen LogP contribution < -0.4 is 5.48 Å². The molecule has 1 aliphatic heterocycles. The van der Waals surface area contributed by atoms with E-state index in [1.54, 1.807) is 0 Å². The van der Waals surface area contributed by atoms with Crippen LogP contribution in [0.25, 0.3) is 0 Å². The first-order chi connectivity index (χ1) is 9.97. The fourth-order valence-electron chi connectivity index (χ4n) is 2.21. The van der Waals surface area contributed by atoms with Gasteiger partial charge in [0.1, 0.15) is 18.6 Å². The Morgan fingerprint density at radius 1 is 1.48 bits per heavy atom. The maximum atomic E-state index is 13.1. The maximum Gasteiger partial charge on any atom is 0.277 e. The van der Waals surface area contributed by atoms with E-state index in [9.17, 15) is 14.4 Å². The van der Waals surface area contributed by atoms with Gasteiger partial charge < -0.3 is 10.0 Å². The molecule has 112 valence electrons. The molecule has 0 saturated heterocycles. The minimum atomic E-state index is -1.66. The van der Waals surface area contributed by atoms with Gasteiger partial charge in [0.2, 0.25) is 5.54 Å². The summed E-state index contributed by atoms with van der Waals surface area (Å²) in [5.74, 6) is -0.940. The summed E-state index contributed by atoms with van der Waals surface area (Å²) in [4.78, 5) is 17.1. The zero-order valence-corrected chi connectivity index (χ0v) is 11.8. The van der Waals surface area contributed by atoms with Crippen molar-refractivity contribution in [3.8, 4) is 0 Å². The van der Waals surface area contributed by atoms with Crippen LogP contribution in [-0.4, -0.2) is 47.2 Å². The molecule has 0 aliphatic carbocycles. The van der Waals surface area contributed by atoms with Gasteiger partial charge in [0.05, 0.1) is 5.71 Å². The third-order valence-corrected chi connectivity index (χ3v) is 3.28. The number of likely N-dealkylation sites (N-methyl/N-ethyl adjacent to an activating group) is 1. The summed E-state index contributed by atoms with van der Waals surface area (Å²) < 4.78 is 13.1. The summed E-state index contributed by atoms with van der Waals surface area (Å²) in [7, 11) is 2.78. The lowest BCUT2D eigenvalue weighted by atomic mass is 9.85. The van der Waals surface area contributed by atoms with Gasteiger partial charge in [0.15, 0.2) is 0 Å². The Morgan fingerprint density at radius 3 is 2.62 bits per heavy atom. The molecular weight excluding hydrogens is 279 g/mol. The highest BCUT2D eigenvalue weighted by Crippen LogP contribution is 2.26. The molecule has 1 unspecified atom stereocenters. The first-order valence-electron chi connectivity index (χ1n) is 6.10. The van der Waals surface area contributed by atoms with Crippen LogP contribution in [0.1, 0.15) is 12.5 Å². The Hall–Kier alpha value is -2.32. The van der Waals surface area contributed by atoms with Crippen LogP contribution in [-0.2, 0) is 9.63 Å². The third-order valence-electron chi connectivity index (χ3n) is 3.28. The summed E-state index contributed by atoms with van der Waals surface area (Å²) in [5, 5.41) is 18.5. The number of carbonyl (C=O) groups is 1. The SMILES string of the molecule is CO/N=C(\C)C1(NO)C(=O)N(C)N=C1c1ccc(F)cc1. The third kappa shape index (κ3) is 2.28. The smallest absolute Gasteiger partial charge is 0.277 e. The lowest BCUT2D eigenvalue weighted by molar-refractivity contribution is -0.133. The number of hydrazone groups is 1. The Labute approximate surface area is 120 Å². The van der Waals surface area contributed by atoms with Crippen molar-refractivity contribution in [3.05, 3.63) is 35.6 Å². The molecular formula is C13H15FN4O3. The van der Waals surface area contributed by atoms with Crippen LogP contribution in [0, 0.1) is 5.82 Å². The molecule has 1 aliphatic rings. The van der Waals surface area contributed by atoms with Gasteiger partial charge in [0, 0.05) is 12.6 Å². The minimum absolute atomic E-state index is 0.171. The molecule has 8 heteroatoms. The van der Waals surface area contributed by atoms with Gasteiger partial charge in [-0.15, -0.1) is 0 Å². The summed E-state index contributed by atoms with van der Waals surface area (Å²) in [6.45, 7) is 1.52. The lowest BCUT2D eigenvalue weighted by Gasteiger charge is -2.26. The first kappa shape index (κ1) is 15.1. The first-order valence-corrected chi connectivity index (χ1v) is 6.10. The van der Waals surface area contributed by atoms with Crippen molar-refractivity contribution in [1.29, 1.82) is 0 Å². The van der Waals surface area contributed by atoms with Crippen molar-refractivity contribution in [2.45, 2.75) is 12.5 Å². The van der Waals surface area contributed by atoms with Crippen molar-refractivity contribution >= 4 is 17.3 Å². The van der Waals surface area contributed by atoms with E-state index in [-0.39, 0.29) is 11.4 Å². The molecule has 2 N–H and O–H groups in total. The van der Waals surface area contributed by atoms with Gasteiger partial charge in [-0.3, -0.25) is 4.79 Å². The van der Waals surface area contributed by atoms with E-state index >= 15 is 0 Å². The van der Waals surface area contributed by atoms with Gasteiger partial charge in [-0.25, -0.2) is 9.40 Å². The molecule has 1 aromatic rings. The summed E-state index contributed by atoms with van der Waals surface area (Å²) in [5.41, 5.74) is 1.16. The van der Waals surface area contributed by atoms with Crippen molar-refractivity contribution in [2.24, 2.45) is 10.3 Å². The average Bonchev–Trinajstić information content (AvgIpc) is 2.73. The number of amides is 1. The van der Waals surface area contributed by atoms with Crippen LogP contribution in [0.2, 0.25) is 0 Å². The maximum absolute atomic E-state index is 13.1. The number of nitrogens with zero attached hydrogens (tertiary/aromatic N) is 3. The van der Waals surface area contributed by atoms with E-state index in [0.717, 1.165) is 5.01 Å². The molecule has 1 aromatic carbocycles. The summed E-state index contributed by atoms with van der Waals surface area (Å²) >= 11 is 0. The van der Waals surface area contributed by atoms with Gasteiger partial charge >= 0.3 is 0 Å². The van der Waals surface area contributed by atoms with Crippen molar-refractivity contribution in [1.82, 2.24) is 10.5 Å². The normalized spacial score (nSPS) is 22.5. The predicted molar refractivity (Wildman–Crippen MR) is 73.5 cm³/mol. The quantitative estimate of drug-likeness (QED) is 0.633. The van der Waals surface area contributed by atoms with Gasteiger partial charge in [0.25, 0.3) is 5.91 Å². The molecule has 0 radical (unpaired) electrons. The molecule has 0 spiro atoms. The second kappa shape index (κ2) is 5.58. The standard InChI is InChI=1S/C13H15FN4O3/c1-8(16-21-3)13(17-20)11(15-18(2)12(13)19)9-4-6-10(14)7-5-9/h4-7,17,20H,1-3H3/b16-8+. The molecule has 0 aromatic heterocycles. The number of oxime groups is 1. The van der Waals surface area contributed by atoms with Gasteiger partial charge in [-0.1, -0.05) is 17.3 Å². The zero-order chi connectivity index (χ0) is 15.6. The topological polar surface area (TPSA) is 86.5 Å². The number of carbonyl (C=O) groups excluding carboxylic acids is 1. The number of nitrogens with one attached hydrogen (secondary N) is 1. The summed E-state index contributed by atoms with van der Waals surface area (Å²) in [6, 6.07) is 5.41. The predicted octanol–water partition coefficient (Wildman–Crippen LogP) is 0.742. The van der Waals surface area contributed by atoms with E-state index < -0.39 is 17.3 Å². The highest BCUT2D eigenvalue weighted by Gasteiger charge is 2.53. The van der Waals surface area contributed by atoms with Crippen LogP contribution in [0.4, 0.5) is 4.39 Å². The van der Waals surface area contributed by atoms with Crippen molar-refractivity contribution < 1.29 is 19.2 Å². The minimum Gasteiger partial charge on any atom is -0.399 e. The molecule has 2 rings (SSSR count). The highest BCUT2D eigenvalue weighted by atomic mass is 19.1. The molecule has 1 amide bonds. The second-order valence-corrected chi connectivity index (χ2v) is 4.51. The zero-order valence-electron chi connectivity index (χ0n) is 11.8. The lowest BCUT2D eigenvalue weighted by Crippen LogP contribution is -2.61. The number of benzene rings is 1. The van der Waals surface area contributed by atoms with Crippen LogP contribution in [0.5, 0.6) is 0 Å². The average molecular weight is 294 g/mol. The number of hydroxylamine groups is 1. The van der Waals surface area contributed by atoms with Gasteiger partial charge in [-0.2, -0.15) is 10.6 Å². The molecule has 1 heterocycles. The monoisotopic (exact) mass is 294 g/mol. The second-order valence-electron chi connectivity index (χ2n) is 4.51. The Bertz CT molecular complexity index is 614. The fourth-order valence-corrected chi connectivity index (χ4v) is 2.21. The van der Waals surface area contributed by atoms with E-state index in [1.165, 1.54) is 45.3 Å².